The molecule has 1 heterocycles. The van der Waals surface area contributed by atoms with Crippen molar-refractivity contribution >= 4 is 17.5 Å². The van der Waals surface area contributed by atoms with Crippen molar-refractivity contribution in [1.29, 1.82) is 0 Å². The Morgan fingerprint density at radius 2 is 1.75 bits per heavy atom. The number of aromatic nitrogens is 1. The summed E-state index contributed by atoms with van der Waals surface area (Å²) in [4.78, 5) is 29.2. The van der Waals surface area contributed by atoms with Crippen molar-refractivity contribution in [2.45, 2.75) is 26.8 Å². The van der Waals surface area contributed by atoms with Gasteiger partial charge in [0.25, 0.3) is 11.8 Å². The molecule has 0 saturated heterocycles. The fourth-order valence-electron chi connectivity index (χ4n) is 2.96. The molecule has 0 aliphatic carbocycles. The molecule has 0 radical (unpaired) electrons. The molecule has 0 saturated carbocycles. The molecule has 1 aromatic heterocycles. The van der Waals surface area contributed by atoms with Gasteiger partial charge < -0.3 is 10.6 Å². The number of hydrogen-bond donors (Lipinski definition) is 2. The Kier molecular flexibility index (Phi) is 6.17. The third-order valence-corrected chi connectivity index (χ3v) is 4.53. The van der Waals surface area contributed by atoms with Gasteiger partial charge in [-0.3, -0.25) is 14.6 Å². The maximum Gasteiger partial charge on any atom is 0.274 e. The molecule has 0 bridgehead atoms. The van der Waals surface area contributed by atoms with Gasteiger partial charge in [0.15, 0.2) is 0 Å². The fourth-order valence-corrected chi connectivity index (χ4v) is 2.96. The average Bonchev–Trinajstić information content (AvgIpc) is 2.74. The molecule has 2 amide bonds. The zero-order valence-corrected chi connectivity index (χ0v) is 16.0. The predicted octanol–water partition coefficient (Wildman–Crippen LogP) is 4.13. The molecular weight excluding hydrogens is 350 g/mol. The second kappa shape index (κ2) is 8.95. The second-order valence-electron chi connectivity index (χ2n) is 6.51. The highest BCUT2D eigenvalue weighted by atomic mass is 16.2. The maximum atomic E-state index is 12.7. The molecule has 142 valence electrons. The first-order valence-electron chi connectivity index (χ1n) is 9.26. The number of anilines is 1. The Bertz CT molecular complexity index is 984. The van der Waals surface area contributed by atoms with Crippen molar-refractivity contribution in [3.05, 3.63) is 94.8 Å². The van der Waals surface area contributed by atoms with Crippen LogP contribution in [-0.2, 0) is 13.0 Å². The van der Waals surface area contributed by atoms with Crippen LogP contribution in [0.4, 0.5) is 5.69 Å². The number of amides is 2. The van der Waals surface area contributed by atoms with Gasteiger partial charge in [0.1, 0.15) is 5.69 Å². The van der Waals surface area contributed by atoms with E-state index in [0.717, 1.165) is 28.8 Å². The summed E-state index contributed by atoms with van der Waals surface area (Å²) in [5.41, 5.74) is 4.47. The Hall–Kier alpha value is -3.47. The first kappa shape index (κ1) is 19.3. The number of carbonyl (C=O) groups excluding carboxylic acids is 2. The van der Waals surface area contributed by atoms with Crippen LogP contribution in [0.1, 0.15) is 44.5 Å². The lowest BCUT2D eigenvalue weighted by atomic mass is 10.1. The number of nitrogens with zero attached hydrogens (tertiary/aromatic N) is 1. The molecule has 5 heteroatoms. The average molecular weight is 373 g/mol. The van der Waals surface area contributed by atoms with E-state index in [-0.39, 0.29) is 17.5 Å². The number of aryl methyl sites for hydroxylation is 2. The Labute approximate surface area is 164 Å². The largest absolute Gasteiger partial charge is 0.348 e. The van der Waals surface area contributed by atoms with Crippen molar-refractivity contribution in [3.8, 4) is 0 Å². The lowest BCUT2D eigenvalue weighted by Crippen LogP contribution is -2.24. The molecule has 2 N–H and O–H groups in total. The van der Waals surface area contributed by atoms with Crippen molar-refractivity contribution in [2.75, 3.05) is 5.32 Å². The van der Waals surface area contributed by atoms with E-state index >= 15 is 0 Å². The van der Waals surface area contributed by atoms with E-state index in [9.17, 15) is 9.59 Å². The van der Waals surface area contributed by atoms with Gasteiger partial charge in [-0.15, -0.1) is 0 Å². The van der Waals surface area contributed by atoms with E-state index in [0.29, 0.717) is 12.1 Å². The number of hydrogen-bond acceptors (Lipinski definition) is 3. The molecule has 0 unspecified atom stereocenters. The van der Waals surface area contributed by atoms with E-state index in [2.05, 4.69) is 15.6 Å². The maximum absolute atomic E-state index is 12.7. The minimum Gasteiger partial charge on any atom is -0.348 e. The van der Waals surface area contributed by atoms with E-state index < -0.39 is 0 Å². The lowest BCUT2D eigenvalue weighted by molar-refractivity contribution is 0.0951. The zero-order valence-electron chi connectivity index (χ0n) is 16.0. The van der Waals surface area contributed by atoms with Crippen LogP contribution in [0.5, 0.6) is 0 Å². The smallest absolute Gasteiger partial charge is 0.274 e. The van der Waals surface area contributed by atoms with Gasteiger partial charge in [-0.05, 0) is 42.2 Å². The Morgan fingerprint density at radius 1 is 0.964 bits per heavy atom. The molecule has 0 spiro atoms. The molecule has 5 nitrogen and oxygen atoms in total. The summed E-state index contributed by atoms with van der Waals surface area (Å²) in [6, 6.07) is 18.7. The normalized spacial score (nSPS) is 10.4. The van der Waals surface area contributed by atoms with E-state index in [4.69, 9.17) is 0 Å². The summed E-state index contributed by atoms with van der Waals surface area (Å²) in [5.74, 6) is -0.577. The summed E-state index contributed by atoms with van der Waals surface area (Å²) in [6.45, 7) is 4.42. The van der Waals surface area contributed by atoms with Crippen LogP contribution in [0.3, 0.4) is 0 Å². The van der Waals surface area contributed by atoms with Crippen LogP contribution < -0.4 is 10.6 Å². The Morgan fingerprint density at radius 3 is 2.50 bits per heavy atom. The van der Waals surface area contributed by atoms with Gasteiger partial charge in [-0.1, -0.05) is 55.5 Å². The number of carbonyl (C=O) groups is 2. The second-order valence-corrected chi connectivity index (χ2v) is 6.51. The van der Waals surface area contributed by atoms with E-state index in [1.807, 2.05) is 62.4 Å². The molecule has 0 fully saturated rings. The summed E-state index contributed by atoms with van der Waals surface area (Å²) < 4.78 is 0. The first-order chi connectivity index (χ1) is 13.6. The standard InChI is InChI=1S/C23H23N3O2/c1-3-18-11-7-8-16(2)21(18)26-23(28)20-14-19(12-13-24-20)22(27)25-15-17-9-5-4-6-10-17/h4-14H,3,15H2,1-2H3,(H,25,27)(H,26,28). The molecule has 3 aromatic rings. The van der Waals surface area contributed by atoms with Crippen LogP contribution in [0, 0.1) is 6.92 Å². The third-order valence-electron chi connectivity index (χ3n) is 4.53. The van der Waals surface area contributed by atoms with Gasteiger partial charge in [0.2, 0.25) is 0 Å². The number of benzene rings is 2. The molecule has 3 rings (SSSR count). The molecule has 28 heavy (non-hydrogen) atoms. The molecule has 0 aliphatic rings. The van der Waals surface area contributed by atoms with Gasteiger partial charge in [0, 0.05) is 24.0 Å². The van der Waals surface area contributed by atoms with Crippen LogP contribution in [0.15, 0.2) is 66.9 Å². The topological polar surface area (TPSA) is 71.1 Å². The lowest BCUT2D eigenvalue weighted by Gasteiger charge is -2.13. The summed E-state index contributed by atoms with van der Waals surface area (Å²) in [7, 11) is 0. The van der Waals surface area contributed by atoms with Crippen molar-refractivity contribution in [3.63, 3.8) is 0 Å². The van der Waals surface area contributed by atoms with Gasteiger partial charge in [0.05, 0.1) is 0 Å². The van der Waals surface area contributed by atoms with Crippen LogP contribution in [0.2, 0.25) is 0 Å². The number of pyridine rings is 1. The highest BCUT2D eigenvalue weighted by Gasteiger charge is 2.14. The van der Waals surface area contributed by atoms with Crippen molar-refractivity contribution in [2.24, 2.45) is 0 Å². The van der Waals surface area contributed by atoms with Crippen LogP contribution in [-0.4, -0.2) is 16.8 Å². The highest BCUT2D eigenvalue weighted by molar-refractivity contribution is 6.05. The van der Waals surface area contributed by atoms with Crippen molar-refractivity contribution < 1.29 is 9.59 Å². The fraction of sp³-hybridized carbons (Fsp3) is 0.174. The molecule has 2 aromatic carbocycles. The molecular formula is C23H23N3O2. The minimum absolute atomic E-state index is 0.206. The first-order valence-corrected chi connectivity index (χ1v) is 9.26. The van der Waals surface area contributed by atoms with Gasteiger partial charge in [-0.25, -0.2) is 0 Å². The monoisotopic (exact) mass is 373 g/mol. The predicted molar refractivity (Wildman–Crippen MR) is 110 cm³/mol. The minimum atomic E-state index is -0.332. The summed E-state index contributed by atoms with van der Waals surface area (Å²) in [6.07, 6.45) is 2.29. The SMILES string of the molecule is CCc1cccc(C)c1NC(=O)c1cc(C(=O)NCc2ccccc2)ccn1. The van der Waals surface area contributed by atoms with Crippen LogP contribution in [0.25, 0.3) is 0 Å². The quantitative estimate of drug-likeness (QED) is 0.682. The number of nitrogens with one attached hydrogen (secondary N) is 2. The van der Waals surface area contributed by atoms with Gasteiger partial charge >= 0.3 is 0 Å². The van der Waals surface area contributed by atoms with E-state index in [1.165, 1.54) is 12.3 Å². The highest BCUT2D eigenvalue weighted by Crippen LogP contribution is 2.21. The van der Waals surface area contributed by atoms with Crippen LogP contribution >= 0.6 is 0 Å². The third kappa shape index (κ3) is 4.62. The molecule has 0 atom stereocenters. The number of rotatable bonds is 6. The van der Waals surface area contributed by atoms with Crippen molar-refractivity contribution in [1.82, 2.24) is 10.3 Å². The number of para-hydroxylation sites is 1. The summed E-state index contributed by atoms with van der Waals surface area (Å²) in [5, 5.41) is 5.80. The molecule has 0 aliphatic heterocycles. The van der Waals surface area contributed by atoms with E-state index in [1.54, 1.807) is 6.07 Å². The summed E-state index contributed by atoms with van der Waals surface area (Å²) >= 11 is 0. The van der Waals surface area contributed by atoms with Gasteiger partial charge in [-0.2, -0.15) is 0 Å². The zero-order chi connectivity index (χ0) is 19.9. The Balaban J connectivity index is 1.72.